The van der Waals surface area contributed by atoms with Crippen LogP contribution >= 0.6 is 30.1 Å². The van der Waals surface area contributed by atoms with E-state index >= 15 is 0 Å². The average molecular weight is 411 g/mol. The Bertz CT molecular complexity index is 851. The number of hydrogen-bond donors (Lipinski definition) is 0. The van der Waals surface area contributed by atoms with Crippen LogP contribution in [0.3, 0.4) is 0 Å². The average Bonchev–Trinajstić information content (AvgIpc) is 2.71. The normalized spacial score (nSPS) is 12.7. The number of nitrogens with zero attached hydrogens (tertiary/aromatic N) is 2. The molecule has 0 aliphatic carbocycles. The van der Waals surface area contributed by atoms with E-state index in [1.165, 1.54) is 7.05 Å². The Balaban J connectivity index is 2.55. The van der Waals surface area contributed by atoms with Crippen molar-refractivity contribution < 1.29 is 13.2 Å². The third-order valence-corrected chi connectivity index (χ3v) is 6.04. The van der Waals surface area contributed by atoms with Gasteiger partial charge in [0.2, 0.25) is 0 Å². The molecule has 0 spiro atoms. The first-order valence-corrected chi connectivity index (χ1v) is 11.4. The minimum atomic E-state index is -4.57. The third-order valence-electron chi connectivity index (χ3n) is 3.89. The van der Waals surface area contributed by atoms with Gasteiger partial charge in [-0.15, -0.1) is 13.2 Å². The van der Waals surface area contributed by atoms with Crippen molar-refractivity contribution in [2.75, 3.05) is 19.5 Å². The maximum absolute atomic E-state index is 13.2. The Morgan fingerprint density at radius 2 is 1.84 bits per heavy atom. The molecule has 0 aliphatic heterocycles. The van der Waals surface area contributed by atoms with E-state index in [1.54, 1.807) is 19.1 Å². The van der Waals surface area contributed by atoms with E-state index in [1.807, 2.05) is 0 Å². The monoisotopic (exact) mass is 410 g/mol. The fourth-order valence-electron chi connectivity index (χ4n) is 2.57. The third kappa shape index (κ3) is 4.64. The molecule has 2 aromatic rings. The minimum Gasteiger partial charge on any atom is -0.262 e. The topological polar surface area (TPSA) is 17.8 Å². The highest BCUT2D eigenvalue weighted by atomic mass is 35.5. The molecule has 0 N–H and O–H groups in total. The molecule has 0 saturated carbocycles. The largest absolute Gasteiger partial charge is 0.434 e. The van der Waals surface area contributed by atoms with Gasteiger partial charge in [-0.2, -0.15) is 18.3 Å². The first kappa shape index (κ1) is 20.4. The van der Waals surface area contributed by atoms with E-state index < -0.39 is 23.8 Å². The lowest BCUT2D eigenvalue weighted by Crippen LogP contribution is -2.12. The van der Waals surface area contributed by atoms with Crippen LogP contribution in [0.15, 0.2) is 12.1 Å². The van der Waals surface area contributed by atoms with Gasteiger partial charge in [0, 0.05) is 17.6 Å². The van der Waals surface area contributed by atoms with Gasteiger partial charge in [0.05, 0.1) is 5.02 Å². The molecule has 0 amide bonds. The molecule has 2 rings (SSSR count). The Hall–Kier alpha value is -0.900. The van der Waals surface area contributed by atoms with Crippen LogP contribution < -0.4 is 0 Å². The molecule has 8 heteroatoms. The van der Waals surface area contributed by atoms with Crippen molar-refractivity contribution in [2.24, 2.45) is 7.05 Å². The van der Waals surface area contributed by atoms with Crippen LogP contribution in [0.4, 0.5) is 13.2 Å². The van der Waals surface area contributed by atoms with E-state index in [0.717, 1.165) is 22.0 Å². The van der Waals surface area contributed by atoms with Gasteiger partial charge in [0.25, 0.3) is 0 Å². The van der Waals surface area contributed by atoms with Gasteiger partial charge in [0.15, 0.2) is 5.69 Å². The lowest BCUT2D eigenvalue weighted by Gasteiger charge is -2.15. The molecule has 0 aliphatic rings. The summed E-state index contributed by atoms with van der Waals surface area (Å²) in [5.41, 5.74) is 1.33. The van der Waals surface area contributed by atoms with Gasteiger partial charge < -0.3 is 0 Å². The fraction of sp³-hybridized carbons (Fsp3) is 0.412. The predicted molar refractivity (Wildman–Crippen MR) is 103 cm³/mol. The van der Waals surface area contributed by atoms with E-state index in [0.29, 0.717) is 17.0 Å². The molecule has 0 saturated heterocycles. The van der Waals surface area contributed by atoms with Crippen molar-refractivity contribution in [3.8, 4) is 11.3 Å². The van der Waals surface area contributed by atoms with Crippen molar-refractivity contribution in [1.82, 2.24) is 9.78 Å². The van der Waals surface area contributed by atoms with Crippen LogP contribution in [0.25, 0.3) is 11.3 Å². The molecule has 0 fully saturated rings. The molecule has 0 bridgehead atoms. The maximum atomic E-state index is 13.2. The Labute approximate surface area is 155 Å². The van der Waals surface area contributed by atoms with Crippen LogP contribution in [0, 0.1) is 6.92 Å². The van der Waals surface area contributed by atoms with Crippen molar-refractivity contribution >= 4 is 36.4 Å². The van der Waals surface area contributed by atoms with Gasteiger partial charge in [-0.1, -0.05) is 23.2 Å². The molecule has 0 radical (unpaired) electrons. The summed E-state index contributed by atoms with van der Waals surface area (Å²) < 4.78 is 40.3. The summed E-state index contributed by atoms with van der Waals surface area (Å²) in [6, 6.07) is 3.54. The number of rotatable bonds is 4. The van der Waals surface area contributed by atoms with Crippen molar-refractivity contribution in [2.45, 2.75) is 19.5 Å². The second-order valence-corrected chi connectivity index (χ2v) is 11.9. The standard InChI is InChI=1S/C17H20Cl2F3N2P/c1-10-8-13(18)11(6-7-25(3,4)5)9-12(10)15-14(19)16(17(20,21)22)24(2)23-15/h8-9H,3,6-7H2,1-2,4-5H3. The number of aromatic nitrogens is 2. The fourth-order valence-corrected chi connectivity index (χ4v) is 4.09. The van der Waals surface area contributed by atoms with Crippen LogP contribution in [0.5, 0.6) is 0 Å². The molecule has 2 nitrogen and oxygen atoms in total. The van der Waals surface area contributed by atoms with E-state index in [2.05, 4.69) is 24.7 Å². The molecule has 1 aromatic carbocycles. The van der Waals surface area contributed by atoms with E-state index in [-0.39, 0.29) is 5.69 Å². The summed E-state index contributed by atoms with van der Waals surface area (Å²) in [6.07, 6.45) is 1.23. The lowest BCUT2D eigenvalue weighted by atomic mass is 10.0. The second-order valence-electron chi connectivity index (χ2n) is 6.80. The van der Waals surface area contributed by atoms with E-state index in [9.17, 15) is 13.2 Å². The maximum Gasteiger partial charge on any atom is 0.434 e. The molecule has 138 valence electrons. The van der Waals surface area contributed by atoms with Gasteiger partial charge >= 0.3 is 6.18 Å². The van der Waals surface area contributed by atoms with Crippen LogP contribution in [-0.4, -0.2) is 35.6 Å². The molecule has 1 aromatic heterocycles. The first-order valence-electron chi connectivity index (χ1n) is 7.57. The zero-order valence-electron chi connectivity index (χ0n) is 14.5. The van der Waals surface area contributed by atoms with Gasteiger partial charge in [-0.3, -0.25) is 4.68 Å². The molecular formula is C17H20Cl2F3N2P. The van der Waals surface area contributed by atoms with Gasteiger partial charge in [-0.05, 0) is 56.1 Å². The number of hydrogen-bond acceptors (Lipinski definition) is 1. The quantitative estimate of drug-likeness (QED) is 0.567. The zero-order chi connectivity index (χ0) is 19.2. The highest BCUT2D eigenvalue weighted by molar-refractivity contribution is 7.72. The van der Waals surface area contributed by atoms with Crippen molar-refractivity contribution in [3.63, 3.8) is 0 Å². The summed E-state index contributed by atoms with van der Waals surface area (Å²) in [5.74, 6) is 0. The molecular weight excluding hydrogens is 391 g/mol. The highest BCUT2D eigenvalue weighted by Crippen LogP contribution is 2.42. The number of halogens is 5. The van der Waals surface area contributed by atoms with Crippen LogP contribution in [-0.2, 0) is 19.6 Å². The summed E-state index contributed by atoms with van der Waals surface area (Å²) in [5, 5.41) is 4.21. The first-order chi connectivity index (χ1) is 11.3. The minimum absolute atomic E-state index is 0.121. The number of aryl methyl sites for hydroxylation is 3. The molecule has 0 unspecified atom stereocenters. The summed E-state index contributed by atoms with van der Waals surface area (Å²) in [4.78, 5) is 0. The highest BCUT2D eigenvalue weighted by Gasteiger charge is 2.39. The van der Waals surface area contributed by atoms with Gasteiger partial charge in [-0.25, -0.2) is 0 Å². The van der Waals surface area contributed by atoms with Crippen LogP contribution in [0.2, 0.25) is 10.0 Å². The number of alkyl halides is 3. The molecule has 25 heavy (non-hydrogen) atoms. The lowest BCUT2D eigenvalue weighted by molar-refractivity contribution is -0.143. The zero-order valence-corrected chi connectivity index (χ0v) is 16.9. The number of benzene rings is 1. The Kier molecular flexibility index (Phi) is 5.73. The smallest absolute Gasteiger partial charge is 0.262 e. The van der Waals surface area contributed by atoms with E-state index in [4.69, 9.17) is 23.2 Å². The van der Waals surface area contributed by atoms with Gasteiger partial charge in [0.1, 0.15) is 5.69 Å². The van der Waals surface area contributed by atoms with Crippen molar-refractivity contribution in [3.05, 3.63) is 39.0 Å². The summed E-state index contributed by atoms with van der Waals surface area (Å²) in [6.45, 7) is 4.79. The van der Waals surface area contributed by atoms with Crippen LogP contribution in [0.1, 0.15) is 16.8 Å². The Morgan fingerprint density at radius 3 is 2.32 bits per heavy atom. The Morgan fingerprint density at radius 1 is 1.24 bits per heavy atom. The summed E-state index contributed by atoms with van der Waals surface area (Å²) in [7, 11) is 1.24. The summed E-state index contributed by atoms with van der Waals surface area (Å²) >= 11 is 12.3. The van der Waals surface area contributed by atoms with Crippen molar-refractivity contribution in [1.29, 1.82) is 0 Å². The predicted octanol–water partition coefficient (Wildman–Crippen LogP) is 5.97. The second kappa shape index (κ2) is 7.02. The SMILES string of the molecule is C=P(C)(C)CCc1cc(-c2nn(C)c(C(F)(F)F)c2Cl)c(C)cc1Cl. The molecule has 0 atom stereocenters. The molecule has 1 heterocycles.